The number of amides is 1. The Bertz CT molecular complexity index is 1380. The lowest BCUT2D eigenvalue weighted by atomic mass is 10.1. The zero-order valence-corrected chi connectivity index (χ0v) is 21.6. The van der Waals surface area contributed by atoms with E-state index in [0.717, 1.165) is 0 Å². The van der Waals surface area contributed by atoms with Crippen LogP contribution in [0.2, 0.25) is 0 Å². The number of carbonyl (C=O) groups is 1. The van der Waals surface area contributed by atoms with E-state index in [1.807, 2.05) is 4.90 Å². The van der Waals surface area contributed by atoms with Gasteiger partial charge in [-0.1, -0.05) is 11.8 Å². The molecule has 1 fully saturated rings. The molecule has 0 aliphatic carbocycles. The van der Waals surface area contributed by atoms with E-state index < -0.39 is 17.7 Å². The SMILES string of the molecule is CNC(=O)c1ccc(NCC#Cc2cc3c(N[C@@H]4CN(C)C[C@@H]4F)nccn3c2SC(F)(F)F)c(OC)c1. The molecule has 202 valence electrons. The maximum atomic E-state index is 14.4. The van der Waals surface area contributed by atoms with Gasteiger partial charge in [0.25, 0.3) is 5.91 Å². The summed E-state index contributed by atoms with van der Waals surface area (Å²) in [6.45, 7) is 0.806. The minimum Gasteiger partial charge on any atom is -0.495 e. The van der Waals surface area contributed by atoms with Crippen LogP contribution in [0, 0.1) is 11.8 Å². The number of hydrogen-bond donors (Lipinski definition) is 3. The predicted molar refractivity (Wildman–Crippen MR) is 139 cm³/mol. The Morgan fingerprint density at radius 2 is 2.08 bits per heavy atom. The number of halogens is 4. The number of nitrogens with zero attached hydrogens (tertiary/aromatic N) is 3. The van der Waals surface area contributed by atoms with Crippen LogP contribution in [0.15, 0.2) is 41.7 Å². The van der Waals surface area contributed by atoms with Crippen molar-refractivity contribution in [2.75, 3.05) is 51.5 Å². The Morgan fingerprint density at radius 1 is 1.29 bits per heavy atom. The second-order valence-corrected chi connectivity index (χ2v) is 9.63. The summed E-state index contributed by atoms with van der Waals surface area (Å²) in [6.07, 6.45) is 1.66. The summed E-state index contributed by atoms with van der Waals surface area (Å²) in [7, 11) is 4.78. The lowest BCUT2D eigenvalue weighted by Gasteiger charge is -2.16. The molecule has 1 amide bonds. The predicted octanol–water partition coefficient (Wildman–Crippen LogP) is 3.84. The minimum atomic E-state index is -4.54. The first-order valence-electron chi connectivity index (χ1n) is 11.6. The number of likely N-dealkylation sites (N-methyl/N-ethyl adjacent to an activating group) is 1. The molecule has 3 heterocycles. The number of thioether (sulfide) groups is 1. The molecule has 4 rings (SSSR count). The number of benzene rings is 1. The van der Waals surface area contributed by atoms with Crippen molar-refractivity contribution in [3.05, 3.63) is 47.8 Å². The molecule has 1 aliphatic heterocycles. The molecule has 2 aromatic heterocycles. The largest absolute Gasteiger partial charge is 0.495 e. The number of methoxy groups -OCH3 is 1. The summed E-state index contributed by atoms with van der Waals surface area (Å²) in [5, 5.41) is 8.51. The van der Waals surface area contributed by atoms with Gasteiger partial charge >= 0.3 is 5.51 Å². The molecule has 0 unspecified atom stereocenters. The molecular weight excluding hydrogens is 524 g/mol. The van der Waals surface area contributed by atoms with Crippen molar-refractivity contribution in [3.63, 3.8) is 0 Å². The molecule has 0 radical (unpaired) electrons. The van der Waals surface area contributed by atoms with E-state index >= 15 is 0 Å². The lowest BCUT2D eigenvalue weighted by Crippen LogP contribution is -2.30. The molecule has 3 aromatic rings. The van der Waals surface area contributed by atoms with Crippen LogP contribution in [-0.2, 0) is 0 Å². The van der Waals surface area contributed by atoms with Crippen molar-refractivity contribution < 1.29 is 27.1 Å². The van der Waals surface area contributed by atoms with Crippen molar-refractivity contribution in [1.29, 1.82) is 0 Å². The monoisotopic (exact) mass is 550 g/mol. The summed E-state index contributed by atoms with van der Waals surface area (Å²) in [5.41, 5.74) is -3.04. The Balaban J connectivity index is 1.60. The van der Waals surface area contributed by atoms with Gasteiger partial charge in [-0.2, -0.15) is 13.2 Å². The molecule has 3 N–H and O–H groups in total. The van der Waals surface area contributed by atoms with Crippen LogP contribution in [0.4, 0.5) is 29.1 Å². The van der Waals surface area contributed by atoms with Gasteiger partial charge in [-0.15, -0.1) is 0 Å². The number of hydrogen-bond acceptors (Lipinski definition) is 7. The summed E-state index contributed by atoms with van der Waals surface area (Å²) in [6, 6.07) is 5.82. The van der Waals surface area contributed by atoms with Gasteiger partial charge in [0.2, 0.25) is 0 Å². The van der Waals surface area contributed by atoms with Gasteiger partial charge in [0.05, 0.1) is 36.5 Å². The van der Waals surface area contributed by atoms with Gasteiger partial charge in [-0.05, 0) is 31.3 Å². The lowest BCUT2D eigenvalue weighted by molar-refractivity contribution is -0.0329. The van der Waals surface area contributed by atoms with Gasteiger partial charge < -0.3 is 30.0 Å². The van der Waals surface area contributed by atoms with Gasteiger partial charge in [0.1, 0.15) is 16.9 Å². The van der Waals surface area contributed by atoms with Crippen LogP contribution in [0.25, 0.3) is 5.52 Å². The minimum absolute atomic E-state index is 0.0965. The number of anilines is 2. The van der Waals surface area contributed by atoms with E-state index in [1.165, 1.54) is 37.0 Å². The van der Waals surface area contributed by atoms with Gasteiger partial charge in [-0.3, -0.25) is 4.79 Å². The Morgan fingerprint density at radius 3 is 2.74 bits per heavy atom. The fourth-order valence-electron chi connectivity index (χ4n) is 4.16. The molecule has 2 atom stereocenters. The highest BCUT2D eigenvalue weighted by Crippen LogP contribution is 2.40. The normalized spacial score (nSPS) is 17.7. The number of nitrogens with one attached hydrogen (secondary N) is 3. The van der Waals surface area contributed by atoms with Crippen molar-refractivity contribution in [2.45, 2.75) is 22.7 Å². The van der Waals surface area contributed by atoms with Crippen LogP contribution < -0.4 is 20.7 Å². The van der Waals surface area contributed by atoms with Crippen molar-refractivity contribution in [2.24, 2.45) is 0 Å². The number of ether oxygens (including phenoxy) is 1. The number of rotatable bonds is 7. The summed E-state index contributed by atoms with van der Waals surface area (Å²) in [4.78, 5) is 17.9. The molecule has 1 aliphatic rings. The first-order valence-corrected chi connectivity index (χ1v) is 12.4. The van der Waals surface area contributed by atoms with Crippen molar-refractivity contribution in [3.8, 4) is 17.6 Å². The highest BCUT2D eigenvalue weighted by atomic mass is 32.2. The molecule has 0 bridgehead atoms. The zero-order chi connectivity index (χ0) is 27.4. The average Bonchev–Trinajstić information content (AvgIpc) is 3.38. The van der Waals surface area contributed by atoms with E-state index in [2.05, 4.69) is 32.8 Å². The molecule has 13 heteroatoms. The molecule has 1 saturated heterocycles. The summed E-state index contributed by atoms with van der Waals surface area (Å²) < 4.78 is 61.3. The maximum Gasteiger partial charge on any atom is 0.447 e. The van der Waals surface area contributed by atoms with Crippen LogP contribution in [-0.4, -0.2) is 78.8 Å². The molecule has 1 aromatic carbocycles. The Labute approximate surface area is 221 Å². The van der Waals surface area contributed by atoms with E-state index in [9.17, 15) is 22.4 Å². The fourth-order valence-corrected chi connectivity index (χ4v) is 4.85. The summed E-state index contributed by atoms with van der Waals surface area (Å²) in [5.74, 6) is 6.09. The van der Waals surface area contributed by atoms with E-state index in [0.29, 0.717) is 29.1 Å². The third-order valence-corrected chi connectivity index (χ3v) is 6.74. The second kappa shape index (κ2) is 11.4. The third-order valence-electron chi connectivity index (χ3n) is 5.90. The summed E-state index contributed by atoms with van der Waals surface area (Å²) >= 11 is -0.273. The first-order chi connectivity index (χ1) is 18.1. The van der Waals surface area contributed by atoms with Gasteiger partial charge in [-0.25, -0.2) is 9.37 Å². The Hall–Kier alpha value is -3.63. The smallest absolute Gasteiger partial charge is 0.447 e. The van der Waals surface area contributed by atoms with E-state index in [1.54, 1.807) is 25.2 Å². The number of aromatic nitrogens is 2. The average molecular weight is 551 g/mol. The van der Waals surface area contributed by atoms with Crippen LogP contribution in [0.1, 0.15) is 15.9 Å². The molecule has 0 saturated carbocycles. The maximum absolute atomic E-state index is 14.4. The molecule has 8 nitrogen and oxygen atoms in total. The van der Waals surface area contributed by atoms with E-state index in [4.69, 9.17) is 4.74 Å². The Kier molecular flexibility index (Phi) is 8.23. The standard InChI is InChI=1S/C25H26F4N6O2S/c1-30-23(36)15-6-7-18(21(12-15)37-3)31-8-4-5-16-11-20-22(33-19-14-34(2)13-17(19)26)32-9-10-35(20)24(16)38-25(27,28)29/h6-7,9-12,17,19,31H,8,13-14H2,1-3H3,(H,30,36)(H,32,33)/t17-,19+/m0/s1. The van der Waals surface area contributed by atoms with Crippen molar-refractivity contribution in [1.82, 2.24) is 19.6 Å². The van der Waals surface area contributed by atoms with Crippen LogP contribution >= 0.6 is 11.8 Å². The number of likely N-dealkylation sites (tertiary alicyclic amines) is 1. The number of alkyl halides is 4. The first kappa shape index (κ1) is 27.4. The van der Waals surface area contributed by atoms with Crippen molar-refractivity contribution >= 4 is 34.7 Å². The fraction of sp³-hybridized carbons (Fsp3) is 0.360. The van der Waals surface area contributed by atoms with Crippen LogP contribution in [0.3, 0.4) is 0 Å². The quantitative estimate of drug-likeness (QED) is 0.234. The highest BCUT2D eigenvalue weighted by molar-refractivity contribution is 8.00. The second-order valence-electron chi connectivity index (χ2n) is 8.58. The van der Waals surface area contributed by atoms with Crippen LogP contribution in [0.5, 0.6) is 5.75 Å². The topological polar surface area (TPSA) is 82.9 Å². The molecular formula is C25H26F4N6O2S. The third kappa shape index (κ3) is 6.25. The van der Waals surface area contributed by atoms with Gasteiger partial charge in [0.15, 0.2) is 5.82 Å². The molecule has 38 heavy (non-hydrogen) atoms. The number of fused-ring (bicyclic) bond motifs is 1. The van der Waals surface area contributed by atoms with Gasteiger partial charge in [0, 0.05) is 49.9 Å². The highest BCUT2D eigenvalue weighted by Gasteiger charge is 2.34. The molecule has 0 spiro atoms. The number of carbonyl (C=O) groups excluding carboxylic acids is 1. The zero-order valence-electron chi connectivity index (χ0n) is 20.8. The van der Waals surface area contributed by atoms with E-state index in [-0.39, 0.29) is 47.2 Å².